The Balaban J connectivity index is 1.79. The van der Waals surface area contributed by atoms with E-state index >= 15 is 0 Å². The predicted octanol–water partition coefficient (Wildman–Crippen LogP) is 2.91. The molecular weight excluding hydrogens is 378 g/mol. The first-order valence-electron chi connectivity index (χ1n) is 7.34. The molecule has 0 saturated carbocycles. The van der Waals surface area contributed by atoms with Crippen molar-refractivity contribution in [3.8, 4) is 5.88 Å². The van der Waals surface area contributed by atoms with E-state index < -0.39 is 8.07 Å². The van der Waals surface area contributed by atoms with Crippen LogP contribution >= 0.6 is 15.9 Å². The van der Waals surface area contributed by atoms with Gasteiger partial charge in [0.15, 0.2) is 5.82 Å². The van der Waals surface area contributed by atoms with Gasteiger partial charge in [-0.05, 0) is 28.0 Å². The van der Waals surface area contributed by atoms with Gasteiger partial charge in [0.1, 0.15) is 17.9 Å². The molecule has 7 nitrogen and oxygen atoms in total. The maximum atomic E-state index is 5.71. The van der Waals surface area contributed by atoms with Crippen LogP contribution in [-0.4, -0.2) is 34.4 Å². The van der Waals surface area contributed by atoms with Crippen molar-refractivity contribution in [3.63, 3.8) is 0 Å². The van der Waals surface area contributed by atoms with Crippen LogP contribution in [0.4, 0.5) is 5.82 Å². The SMILES string of the molecule is C[Si](C)(C)CCOCn1ccc(COc2nc(Br)cnc2N)n1. The van der Waals surface area contributed by atoms with Gasteiger partial charge in [-0.3, -0.25) is 0 Å². The Labute approximate surface area is 145 Å². The van der Waals surface area contributed by atoms with E-state index in [9.17, 15) is 0 Å². The number of nitrogens with two attached hydrogens (primary N) is 1. The zero-order valence-electron chi connectivity index (χ0n) is 13.6. The third-order valence-corrected chi connectivity index (χ3v) is 5.10. The second kappa shape index (κ2) is 7.89. The molecule has 0 unspecified atom stereocenters. The number of nitrogen functional groups attached to an aromatic ring is 1. The molecule has 0 amide bonds. The molecule has 0 atom stereocenters. The van der Waals surface area contributed by atoms with Crippen LogP contribution in [0, 0.1) is 0 Å². The maximum Gasteiger partial charge on any atom is 0.258 e. The lowest BCUT2D eigenvalue weighted by atomic mass is 10.5. The zero-order valence-corrected chi connectivity index (χ0v) is 16.2. The first kappa shape index (κ1) is 17.9. The Morgan fingerprint density at radius 1 is 1.35 bits per heavy atom. The van der Waals surface area contributed by atoms with E-state index in [0.29, 0.717) is 17.2 Å². The molecule has 0 fully saturated rings. The molecule has 0 aromatic carbocycles. The molecule has 9 heteroatoms. The van der Waals surface area contributed by atoms with Crippen LogP contribution in [0.3, 0.4) is 0 Å². The average Bonchev–Trinajstić information content (AvgIpc) is 2.91. The summed E-state index contributed by atoms with van der Waals surface area (Å²) in [7, 11) is -1.05. The van der Waals surface area contributed by atoms with Crippen LogP contribution in [0.2, 0.25) is 25.7 Å². The van der Waals surface area contributed by atoms with E-state index in [2.05, 4.69) is 50.6 Å². The van der Waals surface area contributed by atoms with Crippen molar-refractivity contribution in [3.05, 3.63) is 28.8 Å². The minimum atomic E-state index is -1.05. The molecule has 0 aliphatic heterocycles. The van der Waals surface area contributed by atoms with Gasteiger partial charge in [0.25, 0.3) is 5.88 Å². The van der Waals surface area contributed by atoms with Gasteiger partial charge in [-0.25, -0.2) is 14.6 Å². The molecule has 126 valence electrons. The fourth-order valence-corrected chi connectivity index (χ4v) is 2.72. The fourth-order valence-electron chi connectivity index (χ4n) is 1.70. The summed E-state index contributed by atoms with van der Waals surface area (Å²) < 4.78 is 13.5. The number of anilines is 1. The van der Waals surface area contributed by atoms with E-state index in [1.807, 2.05) is 12.3 Å². The Morgan fingerprint density at radius 2 is 2.13 bits per heavy atom. The molecule has 2 aromatic heterocycles. The van der Waals surface area contributed by atoms with Crippen molar-refractivity contribution in [2.75, 3.05) is 12.3 Å². The van der Waals surface area contributed by atoms with Crippen molar-refractivity contribution in [1.82, 2.24) is 19.7 Å². The second-order valence-electron chi connectivity index (χ2n) is 6.37. The summed E-state index contributed by atoms with van der Waals surface area (Å²) in [6.07, 6.45) is 3.39. The number of halogens is 1. The van der Waals surface area contributed by atoms with E-state index in [-0.39, 0.29) is 12.4 Å². The average molecular weight is 400 g/mol. The number of ether oxygens (including phenoxy) is 2. The smallest absolute Gasteiger partial charge is 0.258 e. The Kier molecular flexibility index (Phi) is 6.14. The molecule has 0 radical (unpaired) electrons. The molecule has 0 saturated heterocycles. The third kappa shape index (κ3) is 6.28. The van der Waals surface area contributed by atoms with E-state index in [0.717, 1.165) is 18.3 Å². The summed E-state index contributed by atoms with van der Waals surface area (Å²) in [6, 6.07) is 3.02. The lowest BCUT2D eigenvalue weighted by Gasteiger charge is -2.15. The molecule has 0 aliphatic carbocycles. The first-order valence-corrected chi connectivity index (χ1v) is 11.8. The highest BCUT2D eigenvalue weighted by atomic mass is 79.9. The normalized spacial score (nSPS) is 11.7. The number of hydrogen-bond donors (Lipinski definition) is 1. The summed E-state index contributed by atoms with van der Waals surface area (Å²) in [5.74, 6) is 0.544. The largest absolute Gasteiger partial charge is 0.468 e. The van der Waals surface area contributed by atoms with Crippen LogP contribution < -0.4 is 10.5 Å². The summed E-state index contributed by atoms with van der Waals surface area (Å²) in [5, 5.41) is 4.39. The minimum Gasteiger partial charge on any atom is -0.468 e. The lowest BCUT2D eigenvalue weighted by Crippen LogP contribution is -2.22. The van der Waals surface area contributed by atoms with Crippen LogP contribution in [-0.2, 0) is 18.1 Å². The molecule has 0 spiro atoms. The van der Waals surface area contributed by atoms with Crippen molar-refractivity contribution in [1.29, 1.82) is 0 Å². The standard InChI is InChI=1S/C14H22BrN5O2Si/c1-23(2,3)7-6-21-10-20-5-4-11(19-20)9-22-14-13(16)17-8-12(15)18-14/h4-5,8H,6-7,9-10H2,1-3H3,(H2,16,17). The topological polar surface area (TPSA) is 88.1 Å². The Hall–Kier alpha value is -1.45. The molecule has 2 rings (SSSR count). The van der Waals surface area contributed by atoms with Crippen molar-refractivity contribution in [2.24, 2.45) is 0 Å². The highest BCUT2D eigenvalue weighted by Crippen LogP contribution is 2.19. The molecule has 2 heterocycles. The maximum absolute atomic E-state index is 5.71. The van der Waals surface area contributed by atoms with Crippen molar-refractivity contribution >= 4 is 29.8 Å². The molecular formula is C14H22BrN5O2Si. The summed E-state index contributed by atoms with van der Waals surface area (Å²) in [4.78, 5) is 8.10. The van der Waals surface area contributed by atoms with Crippen molar-refractivity contribution < 1.29 is 9.47 Å². The van der Waals surface area contributed by atoms with Crippen LogP contribution in [0.1, 0.15) is 5.69 Å². The highest BCUT2D eigenvalue weighted by Gasteiger charge is 2.12. The monoisotopic (exact) mass is 399 g/mol. The van der Waals surface area contributed by atoms with Gasteiger partial charge in [0.2, 0.25) is 0 Å². The van der Waals surface area contributed by atoms with Gasteiger partial charge in [0.05, 0.1) is 11.9 Å². The summed E-state index contributed by atoms with van der Waals surface area (Å²) >= 11 is 3.23. The van der Waals surface area contributed by atoms with E-state index in [1.165, 1.54) is 6.20 Å². The first-order chi connectivity index (χ1) is 10.8. The lowest BCUT2D eigenvalue weighted by molar-refractivity contribution is 0.0779. The second-order valence-corrected chi connectivity index (χ2v) is 12.8. The number of hydrogen-bond acceptors (Lipinski definition) is 6. The van der Waals surface area contributed by atoms with Crippen molar-refractivity contribution in [2.45, 2.75) is 39.0 Å². The third-order valence-electron chi connectivity index (χ3n) is 3.01. The Bertz CT molecular complexity index is 644. The van der Waals surface area contributed by atoms with Gasteiger partial charge in [-0.15, -0.1) is 0 Å². The number of rotatable bonds is 8. The quantitative estimate of drug-likeness (QED) is 0.542. The fraction of sp³-hybridized carbons (Fsp3) is 0.500. The van der Waals surface area contributed by atoms with E-state index in [4.69, 9.17) is 15.2 Å². The molecule has 0 aliphatic rings. The van der Waals surface area contributed by atoms with Gasteiger partial charge in [-0.1, -0.05) is 19.6 Å². The Morgan fingerprint density at radius 3 is 2.87 bits per heavy atom. The number of aromatic nitrogens is 4. The summed E-state index contributed by atoms with van der Waals surface area (Å²) in [5.41, 5.74) is 6.49. The zero-order chi connectivity index (χ0) is 16.9. The minimum absolute atomic E-state index is 0.252. The van der Waals surface area contributed by atoms with Gasteiger partial charge in [0, 0.05) is 20.9 Å². The predicted molar refractivity (Wildman–Crippen MR) is 94.8 cm³/mol. The van der Waals surface area contributed by atoms with E-state index in [1.54, 1.807) is 4.68 Å². The molecule has 2 aromatic rings. The van der Waals surface area contributed by atoms with Crippen LogP contribution in [0.15, 0.2) is 23.1 Å². The molecule has 23 heavy (non-hydrogen) atoms. The van der Waals surface area contributed by atoms with Crippen LogP contribution in [0.5, 0.6) is 5.88 Å². The van der Waals surface area contributed by atoms with Gasteiger partial charge >= 0.3 is 0 Å². The summed E-state index contributed by atoms with van der Waals surface area (Å²) in [6.45, 7) is 8.48. The number of nitrogens with zero attached hydrogens (tertiary/aromatic N) is 4. The molecule has 0 bridgehead atoms. The van der Waals surface area contributed by atoms with Gasteiger partial charge in [-0.2, -0.15) is 5.10 Å². The van der Waals surface area contributed by atoms with Gasteiger partial charge < -0.3 is 15.2 Å². The molecule has 2 N–H and O–H groups in total. The van der Waals surface area contributed by atoms with Crippen LogP contribution in [0.25, 0.3) is 0 Å². The highest BCUT2D eigenvalue weighted by molar-refractivity contribution is 9.10.